The number of thiophene rings is 1. The molecule has 1 unspecified atom stereocenters. The summed E-state index contributed by atoms with van der Waals surface area (Å²) in [6, 6.07) is 7.61. The van der Waals surface area contributed by atoms with Crippen LogP contribution in [0.1, 0.15) is 33.8 Å². The van der Waals surface area contributed by atoms with Crippen LogP contribution >= 0.6 is 27.3 Å². The molecule has 1 atom stereocenters. The average molecular weight is 342 g/mol. The number of nitrogens with one attached hydrogen (secondary N) is 1. The molecular formula is C15H17BrFNS. The number of benzene rings is 1. The lowest BCUT2D eigenvalue weighted by atomic mass is 10.1. The highest BCUT2D eigenvalue weighted by Crippen LogP contribution is 2.27. The zero-order valence-corrected chi connectivity index (χ0v) is 13.7. The lowest BCUT2D eigenvalue weighted by Crippen LogP contribution is -2.18. The summed E-state index contributed by atoms with van der Waals surface area (Å²) in [5, 5.41) is 3.45. The molecule has 2 aromatic rings. The second kappa shape index (κ2) is 6.16. The third-order valence-corrected chi connectivity index (χ3v) is 5.05. The summed E-state index contributed by atoms with van der Waals surface area (Å²) in [6.07, 6.45) is 0. The predicted octanol–water partition coefficient (Wildman–Crippen LogP) is 5.12. The van der Waals surface area contributed by atoms with Crippen LogP contribution in [0.2, 0.25) is 0 Å². The highest BCUT2D eigenvalue weighted by molar-refractivity contribution is 9.10. The Bertz CT molecular complexity index is 580. The molecule has 0 aliphatic rings. The van der Waals surface area contributed by atoms with Gasteiger partial charge in [-0.15, -0.1) is 11.3 Å². The highest BCUT2D eigenvalue weighted by atomic mass is 79.9. The van der Waals surface area contributed by atoms with Crippen molar-refractivity contribution >= 4 is 27.3 Å². The molecule has 0 radical (unpaired) electrons. The monoisotopic (exact) mass is 341 g/mol. The number of halogens is 2. The van der Waals surface area contributed by atoms with E-state index in [2.05, 4.69) is 48.1 Å². The van der Waals surface area contributed by atoms with Crippen molar-refractivity contribution in [3.63, 3.8) is 0 Å². The lowest BCUT2D eigenvalue weighted by Gasteiger charge is -2.15. The summed E-state index contributed by atoms with van der Waals surface area (Å²) < 4.78 is 14.0. The van der Waals surface area contributed by atoms with Gasteiger partial charge in [-0.3, -0.25) is 0 Å². The van der Waals surface area contributed by atoms with Crippen molar-refractivity contribution in [2.45, 2.75) is 33.4 Å². The molecule has 19 heavy (non-hydrogen) atoms. The summed E-state index contributed by atoms with van der Waals surface area (Å²) in [7, 11) is 0. The average Bonchev–Trinajstić information content (AvgIpc) is 2.70. The van der Waals surface area contributed by atoms with Crippen LogP contribution in [-0.2, 0) is 6.54 Å². The van der Waals surface area contributed by atoms with Crippen LogP contribution in [0.4, 0.5) is 4.39 Å². The smallest absolute Gasteiger partial charge is 0.137 e. The molecule has 0 saturated heterocycles. The van der Waals surface area contributed by atoms with Crippen molar-refractivity contribution < 1.29 is 4.39 Å². The van der Waals surface area contributed by atoms with E-state index in [9.17, 15) is 4.39 Å². The fourth-order valence-electron chi connectivity index (χ4n) is 2.14. The normalized spacial score (nSPS) is 12.7. The minimum absolute atomic E-state index is 0.213. The molecule has 1 heterocycles. The SMILES string of the molecule is Cc1cc(C(C)NCc2cccc(F)c2Br)c(C)s1. The standard InChI is InChI=1S/C15H17BrFNS/c1-9-7-13(11(3)19-9)10(2)18-8-12-5-4-6-14(17)15(12)16/h4-7,10,18H,8H2,1-3H3. The maximum atomic E-state index is 13.4. The molecule has 4 heteroatoms. The summed E-state index contributed by atoms with van der Waals surface area (Å²) in [5.41, 5.74) is 2.27. The fraction of sp³-hybridized carbons (Fsp3) is 0.333. The zero-order chi connectivity index (χ0) is 14.0. The van der Waals surface area contributed by atoms with Gasteiger partial charge < -0.3 is 5.32 Å². The molecule has 1 aromatic heterocycles. The molecule has 1 N–H and O–H groups in total. The van der Waals surface area contributed by atoms with E-state index >= 15 is 0 Å². The van der Waals surface area contributed by atoms with Crippen LogP contribution in [0.5, 0.6) is 0 Å². The second-order valence-electron chi connectivity index (χ2n) is 4.68. The Balaban J connectivity index is 2.06. The van der Waals surface area contributed by atoms with Crippen molar-refractivity contribution in [1.82, 2.24) is 5.32 Å². The number of aryl methyl sites for hydroxylation is 2. The van der Waals surface area contributed by atoms with Crippen molar-refractivity contribution in [3.05, 3.63) is 55.4 Å². The Morgan fingerprint density at radius 3 is 2.74 bits per heavy atom. The van der Waals surface area contributed by atoms with Crippen LogP contribution in [-0.4, -0.2) is 0 Å². The maximum absolute atomic E-state index is 13.4. The molecule has 2 rings (SSSR count). The van der Waals surface area contributed by atoms with E-state index in [1.807, 2.05) is 17.4 Å². The molecule has 0 fully saturated rings. The van der Waals surface area contributed by atoms with Gasteiger partial charge in [-0.1, -0.05) is 12.1 Å². The Labute approximate surface area is 126 Å². The third-order valence-electron chi connectivity index (χ3n) is 3.18. The van der Waals surface area contributed by atoms with Crippen LogP contribution in [0.15, 0.2) is 28.7 Å². The fourth-order valence-corrected chi connectivity index (χ4v) is 3.57. The van der Waals surface area contributed by atoms with Gasteiger partial charge in [0.15, 0.2) is 0 Å². The van der Waals surface area contributed by atoms with Gasteiger partial charge in [0.2, 0.25) is 0 Å². The Kier molecular flexibility index (Phi) is 4.76. The van der Waals surface area contributed by atoms with E-state index in [1.165, 1.54) is 21.4 Å². The van der Waals surface area contributed by atoms with Gasteiger partial charge in [0.1, 0.15) is 5.82 Å². The third kappa shape index (κ3) is 3.44. The van der Waals surface area contributed by atoms with Gasteiger partial charge in [-0.25, -0.2) is 4.39 Å². The van der Waals surface area contributed by atoms with Crippen molar-refractivity contribution in [3.8, 4) is 0 Å². The van der Waals surface area contributed by atoms with E-state index in [0.717, 1.165) is 5.56 Å². The molecule has 0 amide bonds. The molecular weight excluding hydrogens is 325 g/mol. The molecule has 0 aliphatic carbocycles. The van der Waals surface area contributed by atoms with Gasteiger partial charge in [-0.2, -0.15) is 0 Å². The van der Waals surface area contributed by atoms with E-state index in [4.69, 9.17) is 0 Å². The van der Waals surface area contributed by atoms with E-state index in [0.29, 0.717) is 11.0 Å². The number of hydrogen-bond donors (Lipinski definition) is 1. The van der Waals surface area contributed by atoms with E-state index < -0.39 is 0 Å². The Morgan fingerprint density at radius 1 is 1.37 bits per heavy atom. The molecule has 1 aromatic carbocycles. The molecule has 0 saturated carbocycles. The first-order valence-electron chi connectivity index (χ1n) is 6.22. The Morgan fingerprint density at radius 2 is 2.11 bits per heavy atom. The topological polar surface area (TPSA) is 12.0 Å². The molecule has 102 valence electrons. The van der Waals surface area contributed by atoms with Crippen LogP contribution in [0.3, 0.4) is 0 Å². The summed E-state index contributed by atoms with van der Waals surface area (Å²) in [6.45, 7) is 7.05. The highest BCUT2D eigenvalue weighted by Gasteiger charge is 2.12. The summed E-state index contributed by atoms with van der Waals surface area (Å²) in [4.78, 5) is 2.67. The van der Waals surface area contributed by atoms with Gasteiger partial charge in [0.05, 0.1) is 4.47 Å². The predicted molar refractivity (Wildman–Crippen MR) is 83.1 cm³/mol. The quantitative estimate of drug-likeness (QED) is 0.813. The first-order valence-corrected chi connectivity index (χ1v) is 7.83. The molecule has 0 bridgehead atoms. The molecule has 0 spiro atoms. The minimum Gasteiger partial charge on any atom is -0.306 e. The summed E-state index contributed by atoms with van der Waals surface area (Å²) >= 11 is 5.11. The van der Waals surface area contributed by atoms with E-state index in [1.54, 1.807) is 6.07 Å². The Hall–Kier alpha value is -0.710. The molecule has 1 nitrogen and oxygen atoms in total. The van der Waals surface area contributed by atoms with Gasteiger partial charge in [0, 0.05) is 22.3 Å². The number of rotatable bonds is 4. The largest absolute Gasteiger partial charge is 0.306 e. The van der Waals surface area contributed by atoms with Crippen LogP contribution < -0.4 is 5.32 Å². The second-order valence-corrected chi connectivity index (χ2v) is 6.94. The van der Waals surface area contributed by atoms with Gasteiger partial charge >= 0.3 is 0 Å². The minimum atomic E-state index is -0.213. The first kappa shape index (κ1) is 14.7. The lowest BCUT2D eigenvalue weighted by molar-refractivity contribution is 0.566. The van der Waals surface area contributed by atoms with Crippen molar-refractivity contribution in [1.29, 1.82) is 0 Å². The van der Waals surface area contributed by atoms with Gasteiger partial charge in [-0.05, 0) is 60.0 Å². The maximum Gasteiger partial charge on any atom is 0.137 e. The van der Waals surface area contributed by atoms with E-state index in [-0.39, 0.29) is 11.9 Å². The van der Waals surface area contributed by atoms with Crippen molar-refractivity contribution in [2.24, 2.45) is 0 Å². The van der Waals surface area contributed by atoms with Crippen LogP contribution in [0, 0.1) is 19.7 Å². The zero-order valence-electron chi connectivity index (χ0n) is 11.3. The first-order chi connectivity index (χ1) is 8.99. The van der Waals surface area contributed by atoms with Gasteiger partial charge in [0.25, 0.3) is 0 Å². The number of hydrogen-bond acceptors (Lipinski definition) is 2. The molecule has 0 aliphatic heterocycles. The van der Waals surface area contributed by atoms with Crippen LogP contribution in [0.25, 0.3) is 0 Å². The summed E-state index contributed by atoms with van der Waals surface area (Å²) in [5.74, 6) is -0.213. The van der Waals surface area contributed by atoms with Crippen molar-refractivity contribution in [2.75, 3.05) is 0 Å².